The van der Waals surface area contributed by atoms with E-state index >= 15 is 0 Å². The van der Waals surface area contributed by atoms with Gasteiger partial charge in [-0.15, -0.1) is 0 Å². The molecule has 0 aromatic carbocycles. The van der Waals surface area contributed by atoms with Crippen molar-refractivity contribution in [3.63, 3.8) is 0 Å². The third-order valence-corrected chi connectivity index (χ3v) is 7.24. The summed E-state index contributed by atoms with van der Waals surface area (Å²) in [5.41, 5.74) is -0.0676. The largest absolute Gasteiger partial charge is 0.393 e. The molecule has 2 aliphatic heterocycles. The highest BCUT2D eigenvalue weighted by molar-refractivity contribution is 7.17. The molecule has 33 heavy (non-hydrogen) atoms. The number of amides is 1. The minimum Gasteiger partial charge on any atom is -0.348 e. The van der Waals surface area contributed by atoms with E-state index in [0.29, 0.717) is 42.1 Å². The Labute approximate surface area is 191 Å². The topological polar surface area (TPSA) is 61.4 Å². The first-order valence-electron chi connectivity index (χ1n) is 10.8. The van der Waals surface area contributed by atoms with Crippen LogP contribution in [0.4, 0.5) is 27.1 Å². The summed E-state index contributed by atoms with van der Waals surface area (Å²) in [6.07, 6.45) is 0.415. The molecule has 2 aromatic rings. The average Bonchev–Trinajstić information content (AvgIpc) is 3.28. The second kappa shape index (κ2) is 9.88. The number of halogens is 5. The molecule has 2 aromatic heterocycles. The molecular formula is C21H24F5N5OS. The molecule has 2 fully saturated rings. The number of pyridine rings is 1. The number of rotatable bonds is 5. The molecule has 1 N–H and O–H groups in total. The maximum atomic E-state index is 13.7. The summed E-state index contributed by atoms with van der Waals surface area (Å²) in [6.45, 7) is 1.88. The molecule has 0 saturated carbocycles. The van der Waals surface area contributed by atoms with Crippen molar-refractivity contribution in [1.82, 2.24) is 20.2 Å². The van der Waals surface area contributed by atoms with Gasteiger partial charge >= 0.3 is 6.18 Å². The fourth-order valence-corrected chi connectivity index (χ4v) is 5.25. The Kier molecular flexibility index (Phi) is 7.13. The Morgan fingerprint density at radius 3 is 2.58 bits per heavy atom. The SMILES string of the molecule is O=C(NCc1ncc(F)cc1F)c1cnc(N2CCC(N3CCCC(C(F)(F)F)C3)CC2)s1. The van der Waals surface area contributed by atoms with Crippen LogP contribution >= 0.6 is 11.3 Å². The number of nitrogens with one attached hydrogen (secondary N) is 1. The summed E-state index contributed by atoms with van der Waals surface area (Å²) in [4.78, 5) is 24.7. The van der Waals surface area contributed by atoms with E-state index in [9.17, 15) is 26.7 Å². The Morgan fingerprint density at radius 2 is 1.88 bits per heavy atom. The highest BCUT2D eigenvalue weighted by atomic mass is 32.1. The molecular weight excluding hydrogens is 465 g/mol. The van der Waals surface area contributed by atoms with Crippen LogP contribution in [0.5, 0.6) is 0 Å². The lowest BCUT2D eigenvalue weighted by Crippen LogP contribution is -2.50. The molecule has 2 aliphatic rings. The number of nitrogens with zero attached hydrogens (tertiary/aromatic N) is 4. The van der Waals surface area contributed by atoms with E-state index in [0.717, 1.165) is 19.0 Å². The number of piperidine rings is 2. The first-order valence-corrected chi connectivity index (χ1v) is 11.6. The molecule has 2 saturated heterocycles. The van der Waals surface area contributed by atoms with E-state index in [4.69, 9.17) is 0 Å². The molecule has 1 amide bonds. The van der Waals surface area contributed by atoms with Crippen molar-refractivity contribution >= 4 is 22.4 Å². The van der Waals surface area contributed by atoms with Gasteiger partial charge in [0.1, 0.15) is 16.5 Å². The van der Waals surface area contributed by atoms with Gasteiger partial charge in [0.2, 0.25) is 0 Å². The van der Waals surface area contributed by atoms with Gasteiger partial charge in [-0.3, -0.25) is 14.7 Å². The molecule has 4 heterocycles. The fraction of sp³-hybridized carbons (Fsp3) is 0.571. The zero-order valence-corrected chi connectivity index (χ0v) is 18.6. The van der Waals surface area contributed by atoms with Gasteiger partial charge in [-0.05, 0) is 32.2 Å². The average molecular weight is 490 g/mol. The van der Waals surface area contributed by atoms with E-state index in [1.807, 2.05) is 9.80 Å². The van der Waals surface area contributed by atoms with Crippen LogP contribution < -0.4 is 10.2 Å². The number of carbonyl (C=O) groups is 1. The van der Waals surface area contributed by atoms with Crippen LogP contribution in [0, 0.1) is 17.6 Å². The molecule has 180 valence electrons. The molecule has 12 heteroatoms. The van der Waals surface area contributed by atoms with Gasteiger partial charge in [-0.2, -0.15) is 13.2 Å². The van der Waals surface area contributed by atoms with Crippen molar-refractivity contribution in [3.05, 3.63) is 40.7 Å². The summed E-state index contributed by atoms with van der Waals surface area (Å²) in [5, 5.41) is 3.21. The number of thiazole rings is 1. The van der Waals surface area contributed by atoms with Crippen LogP contribution in [0.3, 0.4) is 0 Å². The second-order valence-electron chi connectivity index (χ2n) is 8.37. The predicted molar refractivity (Wildman–Crippen MR) is 113 cm³/mol. The number of hydrogen-bond acceptors (Lipinski definition) is 6. The number of carbonyl (C=O) groups excluding carboxylic acids is 1. The lowest BCUT2D eigenvalue weighted by molar-refractivity contribution is -0.188. The summed E-state index contributed by atoms with van der Waals surface area (Å²) in [6, 6.07) is 0.822. The Hall–Kier alpha value is -2.34. The number of anilines is 1. The third kappa shape index (κ3) is 5.78. The zero-order valence-electron chi connectivity index (χ0n) is 17.7. The predicted octanol–water partition coefficient (Wildman–Crippen LogP) is 3.99. The van der Waals surface area contributed by atoms with Gasteiger partial charge in [-0.1, -0.05) is 11.3 Å². The van der Waals surface area contributed by atoms with E-state index in [2.05, 4.69) is 15.3 Å². The van der Waals surface area contributed by atoms with Gasteiger partial charge in [0, 0.05) is 31.7 Å². The van der Waals surface area contributed by atoms with Crippen molar-refractivity contribution in [3.8, 4) is 0 Å². The number of hydrogen-bond donors (Lipinski definition) is 1. The van der Waals surface area contributed by atoms with Gasteiger partial charge in [-0.25, -0.2) is 13.8 Å². The maximum absolute atomic E-state index is 13.7. The normalized spacial score (nSPS) is 20.8. The Balaban J connectivity index is 1.28. The van der Waals surface area contributed by atoms with Crippen LogP contribution in [0.1, 0.15) is 41.0 Å². The molecule has 4 rings (SSSR count). The first kappa shape index (κ1) is 23.8. The molecule has 1 unspecified atom stereocenters. The molecule has 0 radical (unpaired) electrons. The van der Waals surface area contributed by atoms with Crippen molar-refractivity contribution in [1.29, 1.82) is 0 Å². The second-order valence-corrected chi connectivity index (χ2v) is 9.37. The third-order valence-electron chi connectivity index (χ3n) is 6.18. The van der Waals surface area contributed by atoms with Crippen LogP contribution in [-0.4, -0.2) is 59.2 Å². The minimum absolute atomic E-state index is 0.0676. The Morgan fingerprint density at radius 1 is 1.12 bits per heavy atom. The fourth-order valence-electron chi connectivity index (χ4n) is 4.37. The molecule has 0 spiro atoms. The van der Waals surface area contributed by atoms with Crippen LogP contribution in [0.25, 0.3) is 0 Å². The number of likely N-dealkylation sites (tertiary alicyclic amines) is 1. The first-order chi connectivity index (χ1) is 15.7. The summed E-state index contributed by atoms with van der Waals surface area (Å²) >= 11 is 1.20. The quantitative estimate of drug-likeness (QED) is 0.644. The van der Waals surface area contributed by atoms with E-state index in [1.165, 1.54) is 17.5 Å². The smallest absolute Gasteiger partial charge is 0.348 e. The van der Waals surface area contributed by atoms with Gasteiger partial charge < -0.3 is 10.2 Å². The number of aromatic nitrogens is 2. The lowest BCUT2D eigenvalue weighted by atomic mass is 9.93. The van der Waals surface area contributed by atoms with Crippen LogP contribution in [-0.2, 0) is 6.54 Å². The zero-order chi connectivity index (χ0) is 23.6. The standard InChI is InChI=1S/C21H24F5N5OS/c22-14-8-16(23)17(27-9-14)10-28-19(32)18-11-29-20(33-18)30-6-3-15(4-7-30)31-5-1-2-13(12-31)21(24,25)26/h8-9,11,13,15H,1-7,10,12H2,(H,28,32). The highest BCUT2D eigenvalue weighted by Gasteiger charge is 2.43. The van der Waals surface area contributed by atoms with E-state index in [1.54, 1.807) is 0 Å². The van der Waals surface area contributed by atoms with Gasteiger partial charge in [0.15, 0.2) is 5.13 Å². The minimum atomic E-state index is -4.14. The maximum Gasteiger partial charge on any atom is 0.393 e. The molecule has 0 bridgehead atoms. The molecule has 1 atom stereocenters. The van der Waals surface area contributed by atoms with Crippen molar-refractivity contribution in [2.75, 3.05) is 31.1 Å². The van der Waals surface area contributed by atoms with Crippen LogP contribution in [0.15, 0.2) is 18.5 Å². The van der Waals surface area contributed by atoms with Gasteiger partial charge in [0.05, 0.1) is 30.6 Å². The van der Waals surface area contributed by atoms with E-state index < -0.39 is 29.6 Å². The van der Waals surface area contributed by atoms with Crippen molar-refractivity contribution < 1.29 is 26.7 Å². The van der Waals surface area contributed by atoms with Gasteiger partial charge in [0.25, 0.3) is 5.91 Å². The molecule has 0 aliphatic carbocycles. The highest BCUT2D eigenvalue weighted by Crippen LogP contribution is 2.35. The molecule has 6 nitrogen and oxygen atoms in total. The van der Waals surface area contributed by atoms with E-state index in [-0.39, 0.29) is 31.2 Å². The monoisotopic (exact) mass is 489 g/mol. The van der Waals surface area contributed by atoms with Crippen molar-refractivity contribution in [2.45, 2.75) is 44.4 Å². The summed E-state index contributed by atoms with van der Waals surface area (Å²) in [7, 11) is 0. The summed E-state index contributed by atoms with van der Waals surface area (Å²) in [5.74, 6) is -3.31. The summed E-state index contributed by atoms with van der Waals surface area (Å²) < 4.78 is 65.9. The number of alkyl halides is 3. The van der Waals surface area contributed by atoms with Crippen molar-refractivity contribution in [2.24, 2.45) is 5.92 Å². The lowest BCUT2D eigenvalue weighted by Gasteiger charge is -2.42. The van der Waals surface area contributed by atoms with Crippen LogP contribution in [0.2, 0.25) is 0 Å². The Bertz CT molecular complexity index is 976.